The number of aryl methyl sites for hydroxylation is 1. The van der Waals surface area contributed by atoms with Crippen molar-refractivity contribution in [2.24, 2.45) is 5.73 Å². The summed E-state index contributed by atoms with van der Waals surface area (Å²) in [6, 6.07) is 16.4. The normalized spacial score (nSPS) is 17.3. The minimum atomic E-state index is 0.178. The van der Waals surface area contributed by atoms with Crippen LogP contribution in [0.1, 0.15) is 35.6 Å². The van der Waals surface area contributed by atoms with Crippen molar-refractivity contribution in [3.8, 4) is 5.75 Å². The smallest absolute Gasteiger partial charge is 0.189 e. The highest BCUT2D eigenvalue weighted by atomic mass is 16.7. The van der Waals surface area contributed by atoms with E-state index < -0.39 is 0 Å². The molecule has 3 heteroatoms. The summed E-state index contributed by atoms with van der Waals surface area (Å²) >= 11 is 0. The van der Waals surface area contributed by atoms with Gasteiger partial charge in [0.15, 0.2) is 6.79 Å². The van der Waals surface area contributed by atoms with Crippen LogP contribution < -0.4 is 10.5 Å². The Kier molecular flexibility index (Phi) is 4.53. The first-order valence-electron chi connectivity index (χ1n) is 7.46. The van der Waals surface area contributed by atoms with Crippen molar-refractivity contribution >= 4 is 0 Å². The Bertz CT molecular complexity index is 583. The third-order valence-electron chi connectivity index (χ3n) is 3.90. The molecule has 0 fully saturated rings. The molecule has 3 rings (SSSR count). The van der Waals surface area contributed by atoms with E-state index in [0.717, 1.165) is 30.6 Å². The second kappa shape index (κ2) is 6.74. The summed E-state index contributed by atoms with van der Waals surface area (Å²) in [5.41, 5.74) is 9.84. The zero-order valence-corrected chi connectivity index (χ0v) is 12.1. The summed E-state index contributed by atoms with van der Waals surface area (Å²) in [6.45, 7) is 0.830. The first kappa shape index (κ1) is 14.1. The molecule has 0 bridgehead atoms. The molecule has 2 aromatic carbocycles. The molecule has 1 unspecified atom stereocenters. The molecule has 0 amide bonds. The van der Waals surface area contributed by atoms with Crippen LogP contribution >= 0.6 is 0 Å². The predicted octanol–water partition coefficient (Wildman–Crippen LogP) is 3.58. The van der Waals surface area contributed by atoms with E-state index in [1.165, 1.54) is 11.1 Å². The molecular formula is C18H21NO2. The summed E-state index contributed by atoms with van der Waals surface area (Å²) < 4.78 is 11.2. The molecule has 2 N–H and O–H groups in total. The molecule has 0 heterocycles. The lowest BCUT2D eigenvalue weighted by Gasteiger charge is -2.22. The van der Waals surface area contributed by atoms with Gasteiger partial charge in [-0.2, -0.15) is 0 Å². The van der Waals surface area contributed by atoms with Crippen molar-refractivity contribution in [2.75, 3.05) is 6.79 Å². The maximum atomic E-state index is 6.12. The lowest BCUT2D eigenvalue weighted by molar-refractivity contribution is 0.00499. The summed E-state index contributed by atoms with van der Waals surface area (Å²) in [4.78, 5) is 0. The minimum absolute atomic E-state index is 0.178. The van der Waals surface area contributed by atoms with Crippen LogP contribution in [-0.4, -0.2) is 6.79 Å². The molecule has 0 saturated carbocycles. The number of rotatable bonds is 5. The van der Waals surface area contributed by atoms with E-state index in [9.17, 15) is 0 Å². The van der Waals surface area contributed by atoms with Crippen molar-refractivity contribution in [3.05, 3.63) is 65.2 Å². The summed E-state index contributed by atoms with van der Waals surface area (Å²) in [6.07, 6.45) is 3.32. The zero-order chi connectivity index (χ0) is 14.5. The number of nitrogens with two attached hydrogens (primary N) is 1. The van der Waals surface area contributed by atoms with Gasteiger partial charge in [0.1, 0.15) is 5.75 Å². The standard InChI is InChI=1S/C18H21NO2/c19-18-8-4-7-15-11-16(9-10-17(15)18)21-13-20-12-14-5-2-1-3-6-14/h1-3,5-6,9-11,18H,4,7-8,12-13,19H2. The van der Waals surface area contributed by atoms with E-state index in [1.54, 1.807) is 0 Å². The fourth-order valence-corrected chi connectivity index (χ4v) is 2.76. The average molecular weight is 283 g/mol. The van der Waals surface area contributed by atoms with Crippen molar-refractivity contribution in [1.82, 2.24) is 0 Å². The van der Waals surface area contributed by atoms with Crippen LogP contribution in [0.25, 0.3) is 0 Å². The van der Waals surface area contributed by atoms with Gasteiger partial charge in [-0.05, 0) is 48.1 Å². The highest BCUT2D eigenvalue weighted by molar-refractivity contribution is 5.38. The number of benzene rings is 2. The fraction of sp³-hybridized carbons (Fsp3) is 0.333. The molecule has 2 aromatic rings. The molecule has 21 heavy (non-hydrogen) atoms. The molecule has 0 spiro atoms. The highest BCUT2D eigenvalue weighted by Crippen LogP contribution is 2.30. The maximum absolute atomic E-state index is 6.12. The first-order chi connectivity index (χ1) is 10.3. The van der Waals surface area contributed by atoms with Gasteiger partial charge in [-0.15, -0.1) is 0 Å². The summed E-state index contributed by atoms with van der Waals surface area (Å²) in [5.74, 6) is 0.857. The van der Waals surface area contributed by atoms with Crippen molar-refractivity contribution in [1.29, 1.82) is 0 Å². The Balaban J connectivity index is 1.52. The minimum Gasteiger partial charge on any atom is -0.468 e. The third-order valence-corrected chi connectivity index (χ3v) is 3.90. The van der Waals surface area contributed by atoms with E-state index in [1.807, 2.05) is 36.4 Å². The number of fused-ring (bicyclic) bond motifs is 1. The molecule has 3 nitrogen and oxygen atoms in total. The lowest BCUT2D eigenvalue weighted by atomic mass is 9.88. The summed E-state index contributed by atoms with van der Waals surface area (Å²) in [5, 5.41) is 0. The Morgan fingerprint density at radius 1 is 1.10 bits per heavy atom. The first-order valence-corrected chi connectivity index (χ1v) is 7.46. The van der Waals surface area contributed by atoms with Crippen molar-refractivity contribution in [2.45, 2.75) is 31.9 Å². The largest absolute Gasteiger partial charge is 0.468 e. The topological polar surface area (TPSA) is 44.5 Å². The van der Waals surface area contributed by atoms with Crippen LogP contribution in [0.3, 0.4) is 0 Å². The average Bonchev–Trinajstić information content (AvgIpc) is 2.53. The van der Waals surface area contributed by atoms with Crippen LogP contribution in [0.2, 0.25) is 0 Å². The maximum Gasteiger partial charge on any atom is 0.189 e. The monoisotopic (exact) mass is 283 g/mol. The number of ether oxygens (including phenoxy) is 2. The molecule has 0 aromatic heterocycles. The number of hydrogen-bond acceptors (Lipinski definition) is 3. The molecule has 1 atom stereocenters. The van der Waals surface area contributed by atoms with Gasteiger partial charge in [-0.1, -0.05) is 36.4 Å². The van der Waals surface area contributed by atoms with Crippen LogP contribution in [0.5, 0.6) is 5.75 Å². The van der Waals surface area contributed by atoms with E-state index in [4.69, 9.17) is 15.2 Å². The number of hydrogen-bond donors (Lipinski definition) is 1. The van der Waals surface area contributed by atoms with Gasteiger partial charge in [-0.25, -0.2) is 0 Å². The van der Waals surface area contributed by atoms with E-state index in [2.05, 4.69) is 12.1 Å². The van der Waals surface area contributed by atoms with Gasteiger partial charge < -0.3 is 15.2 Å². The SMILES string of the molecule is NC1CCCc2cc(OCOCc3ccccc3)ccc21. The Morgan fingerprint density at radius 3 is 2.81 bits per heavy atom. The zero-order valence-electron chi connectivity index (χ0n) is 12.1. The molecule has 0 radical (unpaired) electrons. The predicted molar refractivity (Wildman–Crippen MR) is 83.0 cm³/mol. The van der Waals surface area contributed by atoms with Crippen LogP contribution in [0.15, 0.2) is 48.5 Å². The molecule has 1 aliphatic rings. The molecule has 110 valence electrons. The molecule has 0 aliphatic heterocycles. The van der Waals surface area contributed by atoms with Crippen LogP contribution in [0.4, 0.5) is 0 Å². The van der Waals surface area contributed by atoms with Gasteiger partial charge in [0.05, 0.1) is 6.61 Å². The molecule has 1 aliphatic carbocycles. The lowest BCUT2D eigenvalue weighted by Crippen LogP contribution is -2.17. The van der Waals surface area contributed by atoms with Crippen molar-refractivity contribution in [3.63, 3.8) is 0 Å². The van der Waals surface area contributed by atoms with Gasteiger partial charge in [0, 0.05) is 6.04 Å². The quantitative estimate of drug-likeness (QED) is 0.674. The molecular weight excluding hydrogens is 262 g/mol. The molecule has 0 saturated heterocycles. The highest BCUT2D eigenvalue weighted by Gasteiger charge is 2.16. The Morgan fingerprint density at radius 2 is 1.95 bits per heavy atom. The Labute approximate surface area is 125 Å². The second-order valence-electron chi connectivity index (χ2n) is 5.46. The van der Waals surface area contributed by atoms with E-state index in [0.29, 0.717) is 6.61 Å². The van der Waals surface area contributed by atoms with E-state index >= 15 is 0 Å². The summed E-state index contributed by atoms with van der Waals surface area (Å²) in [7, 11) is 0. The van der Waals surface area contributed by atoms with Gasteiger partial charge in [0.2, 0.25) is 0 Å². The van der Waals surface area contributed by atoms with Crippen LogP contribution in [0, 0.1) is 0 Å². The Hall–Kier alpha value is -1.84. The second-order valence-corrected chi connectivity index (χ2v) is 5.46. The van der Waals surface area contributed by atoms with Crippen LogP contribution in [-0.2, 0) is 17.8 Å². The van der Waals surface area contributed by atoms with Gasteiger partial charge >= 0.3 is 0 Å². The fourth-order valence-electron chi connectivity index (χ4n) is 2.76. The van der Waals surface area contributed by atoms with Crippen molar-refractivity contribution < 1.29 is 9.47 Å². The third kappa shape index (κ3) is 3.63. The van der Waals surface area contributed by atoms with Gasteiger partial charge in [0.25, 0.3) is 0 Å². The van der Waals surface area contributed by atoms with E-state index in [-0.39, 0.29) is 12.8 Å². The van der Waals surface area contributed by atoms with Gasteiger partial charge in [-0.3, -0.25) is 0 Å².